The van der Waals surface area contributed by atoms with Gasteiger partial charge in [-0.25, -0.2) is 0 Å². The van der Waals surface area contributed by atoms with E-state index in [2.05, 4.69) is 77.8 Å². The second-order valence-electron chi connectivity index (χ2n) is 9.14. The highest BCUT2D eigenvalue weighted by molar-refractivity contribution is 6.89. The molecule has 0 aromatic rings. The zero-order chi connectivity index (χ0) is 19.2. The Kier molecular flexibility index (Phi) is 9.54. The van der Waals surface area contributed by atoms with Gasteiger partial charge in [0.2, 0.25) is 0 Å². The predicted molar refractivity (Wildman–Crippen MR) is 117 cm³/mol. The molecule has 1 atom stereocenters. The van der Waals surface area contributed by atoms with Gasteiger partial charge in [0.1, 0.15) is 0 Å². The first kappa shape index (κ1) is 24.4. The highest BCUT2D eigenvalue weighted by atomic mass is 28.5. The van der Waals surface area contributed by atoms with E-state index >= 15 is 0 Å². The van der Waals surface area contributed by atoms with E-state index in [4.69, 9.17) is 12.3 Å². The van der Waals surface area contributed by atoms with Crippen molar-refractivity contribution in [2.24, 2.45) is 4.99 Å². The molecule has 0 aliphatic rings. The molecule has 0 aromatic heterocycles. The third-order valence-electron chi connectivity index (χ3n) is 3.22. The van der Waals surface area contributed by atoms with Crippen molar-refractivity contribution in [1.29, 1.82) is 0 Å². The van der Waals surface area contributed by atoms with Crippen LogP contribution in [-0.2, 0) is 12.3 Å². The van der Waals surface area contributed by atoms with E-state index in [9.17, 15) is 0 Å². The van der Waals surface area contributed by atoms with Crippen molar-refractivity contribution in [3.8, 4) is 0 Å². The summed E-state index contributed by atoms with van der Waals surface area (Å²) in [6.45, 7) is 25.1. The summed E-state index contributed by atoms with van der Waals surface area (Å²) in [5.74, 6) is 0. The molecule has 144 valence electrons. The second-order valence-corrected chi connectivity index (χ2v) is 25.6. The molecule has 0 N–H and O–H groups in total. The Morgan fingerprint density at radius 1 is 0.792 bits per heavy atom. The maximum atomic E-state index is 6.67. The second kappa shape index (κ2) is 9.38. The summed E-state index contributed by atoms with van der Waals surface area (Å²) in [5, 5.41) is 0. The van der Waals surface area contributed by atoms with Gasteiger partial charge in [0.05, 0.1) is 0 Å². The quantitative estimate of drug-likeness (QED) is 0.249. The molecule has 4 nitrogen and oxygen atoms in total. The molecule has 0 spiro atoms. The molecule has 0 radical (unpaired) electrons. The first-order chi connectivity index (χ1) is 10.6. The van der Waals surface area contributed by atoms with Crippen LogP contribution in [0.15, 0.2) is 4.99 Å². The van der Waals surface area contributed by atoms with Gasteiger partial charge < -0.3 is 12.3 Å². The van der Waals surface area contributed by atoms with Crippen LogP contribution in [0.2, 0.25) is 65.0 Å². The summed E-state index contributed by atoms with van der Waals surface area (Å²) in [4.78, 5) is 4.62. The fraction of sp³-hybridized carbons (Fsp3) is 0.938. The molecule has 0 saturated carbocycles. The van der Waals surface area contributed by atoms with Gasteiger partial charge in [-0.3, -0.25) is 4.99 Å². The minimum absolute atomic E-state index is 0.873. The van der Waals surface area contributed by atoms with Crippen LogP contribution in [0.1, 0.15) is 26.7 Å². The normalized spacial score (nSPS) is 17.0. The minimum Gasteiger partial charge on any atom is -0.437 e. The van der Waals surface area contributed by atoms with E-state index in [0.29, 0.717) is 0 Å². The molecule has 0 rings (SSSR count). The summed E-state index contributed by atoms with van der Waals surface area (Å²) >= 11 is 0. The molecule has 1 unspecified atom stereocenters. The van der Waals surface area contributed by atoms with Gasteiger partial charge in [-0.05, 0) is 84.7 Å². The molecule has 24 heavy (non-hydrogen) atoms. The molecule has 0 aromatic carbocycles. The van der Waals surface area contributed by atoms with Crippen molar-refractivity contribution < 1.29 is 12.3 Å². The van der Waals surface area contributed by atoms with Gasteiger partial charge in [0.25, 0.3) is 0 Å². The van der Waals surface area contributed by atoms with Crippen LogP contribution in [0, 0.1) is 0 Å². The lowest BCUT2D eigenvalue weighted by Gasteiger charge is -2.41. The Balaban J connectivity index is 5.01. The smallest absolute Gasteiger partial charge is 0.315 e. The first-order valence-electron chi connectivity index (χ1n) is 9.18. The summed E-state index contributed by atoms with van der Waals surface area (Å²) in [6.07, 6.45) is 2.06. The summed E-state index contributed by atoms with van der Waals surface area (Å²) in [5.41, 5.74) is 1.22. The number of nitrogens with zero attached hydrogens (tertiary/aromatic N) is 1. The number of hydrogen-bond donors (Lipinski definition) is 0. The number of aliphatic imine (C=N–C) groups is 1. The maximum absolute atomic E-state index is 6.67. The van der Waals surface area contributed by atoms with Gasteiger partial charge in [-0.15, -0.1) is 0 Å². The zero-order valence-electron chi connectivity index (χ0n) is 18.0. The van der Waals surface area contributed by atoms with E-state index < -0.39 is 33.8 Å². The standard InChI is InChI=1S/C16H41NO3Si4/c1-12-16(2)17-14-13-15-24(11,19-22(6,7)8)20-23(9,10)18-21(3,4)5/h12-15H2,1-11H3. The predicted octanol–water partition coefficient (Wildman–Crippen LogP) is 5.74. The Morgan fingerprint density at radius 3 is 1.71 bits per heavy atom. The lowest BCUT2D eigenvalue weighted by Crippen LogP contribution is -2.56. The van der Waals surface area contributed by atoms with E-state index in [-0.39, 0.29) is 0 Å². The lowest BCUT2D eigenvalue weighted by molar-refractivity contribution is 0.323. The lowest BCUT2D eigenvalue weighted by atomic mass is 10.3. The van der Waals surface area contributed by atoms with E-state index in [1.165, 1.54) is 5.71 Å². The molecule has 0 saturated heterocycles. The minimum atomic E-state index is -2.25. The molecule has 0 heterocycles. The Morgan fingerprint density at radius 2 is 1.29 bits per heavy atom. The van der Waals surface area contributed by atoms with Crippen LogP contribution in [0.5, 0.6) is 0 Å². The highest BCUT2D eigenvalue weighted by Gasteiger charge is 2.44. The molecular weight excluding hydrogens is 367 g/mol. The molecule has 0 amide bonds. The topological polar surface area (TPSA) is 40.0 Å². The van der Waals surface area contributed by atoms with Crippen LogP contribution in [-0.4, -0.2) is 46.0 Å². The highest BCUT2D eigenvalue weighted by Crippen LogP contribution is 2.27. The van der Waals surface area contributed by atoms with Gasteiger partial charge in [0.15, 0.2) is 16.6 Å². The van der Waals surface area contributed by atoms with Crippen molar-refractivity contribution in [2.45, 2.75) is 91.7 Å². The van der Waals surface area contributed by atoms with Crippen molar-refractivity contribution in [1.82, 2.24) is 0 Å². The largest absolute Gasteiger partial charge is 0.437 e. The van der Waals surface area contributed by atoms with Crippen LogP contribution < -0.4 is 0 Å². The van der Waals surface area contributed by atoms with Gasteiger partial charge >= 0.3 is 17.1 Å². The third kappa shape index (κ3) is 12.7. The fourth-order valence-corrected chi connectivity index (χ4v) is 20.8. The van der Waals surface area contributed by atoms with Gasteiger partial charge in [0, 0.05) is 12.3 Å². The van der Waals surface area contributed by atoms with Crippen molar-refractivity contribution in [3.63, 3.8) is 0 Å². The molecule has 0 aliphatic heterocycles. The Bertz CT molecular complexity index is 417. The maximum Gasteiger partial charge on any atom is 0.315 e. The van der Waals surface area contributed by atoms with E-state index in [1.807, 2.05) is 0 Å². The van der Waals surface area contributed by atoms with E-state index in [1.54, 1.807) is 0 Å². The van der Waals surface area contributed by atoms with Crippen molar-refractivity contribution in [2.75, 3.05) is 6.54 Å². The molecule has 0 fully saturated rings. The number of hydrogen-bond acceptors (Lipinski definition) is 4. The van der Waals surface area contributed by atoms with Crippen LogP contribution in [0.25, 0.3) is 0 Å². The van der Waals surface area contributed by atoms with E-state index in [0.717, 1.165) is 25.4 Å². The summed E-state index contributed by atoms with van der Waals surface area (Å²) in [7, 11) is -7.71. The molecule has 0 aliphatic carbocycles. The fourth-order valence-electron chi connectivity index (χ4n) is 2.83. The summed E-state index contributed by atoms with van der Waals surface area (Å²) < 4.78 is 19.6. The first-order valence-corrected chi connectivity index (χ1v) is 21.3. The zero-order valence-corrected chi connectivity index (χ0v) is 22.0. The van der Waals surface area contributed by atoms with Crippen LogP contribution >= 0.6 is 0 Å². The average Bonchev–Trinajstić information content (AvgIpc) is 2.27. The van der Waals surface area contributed by atoms with Crippen LogP contribution in [0.3, 0.4) is 0 Å². The van der Waals surface area contributed by atoms with Gasteiger partial charge in [-0.2, -0.15) is 0 Å². The molecular formula is C16H41NO3Si4. The van der Waals surface area contributed by atoms with Crippen molar-refractivity contribution in [3.05, 3.63) is 0 Å². The van der Waals surface area contributed by atoms with Gasteiger partial charge in [-0.1, -0.05) is 6.92 Å². The monoisotopic (exact) mass is 407 g/mol. The molecule has 0 bridgehead atoms. The van der Waals surface area contributed by atoms with Crippen molar-refractivity contribution >= 4 is 39.5 Å². The number of rotatable bonds is 11. The van der Waals surface area contributed by atoms with Crippen LogP contribution in [0.4, 0.5) is 0 Å². The average molecular weight is 408 g/mol. The molecule has 8 heteroatoms. The summed E-state index contributed by atoms with van der Waals surface area (Å²) in [6, 6.07) is 0.989. The third-order valence-corrected chi connectivity index (χ3v) is 16.8. The Hall–Kier alpha value is 0.418. The Labute approximate surface area is 155 Å². The SMILES string of the molecule is CCC(C)=NCCC[Si](C)(O[Si](C)(C)C)O[Si](C)(C)O[Si](C)(C)C.